The lowest BCUT2D eigenvalue weighted by atomic mass is 10.1. The van der Waals surface area contributed by atoms with Gasteiger partial charge in [0.1, 0.15) is 0 Å². The number of anilines is 1. The molecule has 14 heteroatoms. The van der Waals surface area contributed by atoms with Crippen LogP contribution in [0.15, 0.2) is 48.8 Å². The standard InChI is InChI=1S/C30H31Cl2N7O4S/c1-43-29-17(13-34-14-18-6-8-24(41)37-18)5-7-22(39-29)20-9-10-35-27(26(20)32)21-3-2-4-23(25(21)31)38-28(42)30-36-16-19(44-30)15-33-11-12-40/h2-5,7,9-10,16,18,33-34,40H,6,8,11-15H2,1H3,(H,37,41)(H,38,42)/t18-/m1/s1. The fraction of sp³-hybridized carbons (Fsp3) is 0.300. The van der Waals surface area contributed by atoms with Gasteiger partial charge in [-0.1, -0.05) is 41.4 Å². The molecule has 11 nitrogen and oxygen atoms in total. The molecule has 0 spiro atoms. The Morgan fingerprint density at radius 2 is 1.98 bits per heavy atom. The number of nitrogens with zero attached hydrogens (tertiary/aromatic N) is 3. The second-order valence-corrected chi connectivity index (χ2v) is 11.8. The molecular formula is C30H31Cl2N7O4S. The maximum Gasteiger partial charge on any atom is 0.284 e. The summed E-state index contributed by atoms with van der Waals surface area (Å²) >= 11 is 14.9. The second kappa shape index (κ2) is 14.9. The lowest BCUT2D eigenvalue weighted by Gasteiger charge is -2.15. The first-order valence-corrected chi connectivity index (χ1v) is 15.5. The van der Waals surface area contributed by atoms with Gasteiger partial charge in [-0.2, -0.15) is 0 Å². The first kappa shape index (κ1) is 31.8. The van der Waals surface area contributed by atoms with Crippen molar-refractivity contribution in [2.45, 2.75) is 32.0 Å². The maximum atomic E-state index is 12.9. The summed E-state index contributed by atoms with van der Waals surface area (Å²) in [6.07, 6.45) is 4.63. The molecule has 5 N–H and O–H groups in total. The zero-order valence-corrected chi connectivity index (χ0v) is 26.2. The molecule has 1 fully saturated rings. The average molecular weight is 657 g/mol. The second-order valence-electron chi connectivity index (χ2n) is 9.97. The van der Waals surface area contributed by atoms with Crippen LogP contribution >= 0.6 is 34.5 Å². The van der Waals surface area contributed by atoms with Crippen molar-refractivity contribution >= 4 is 52.0 Å². The molecule has 0 saturated carbocycles. The van der Waals surface area contributed by atoms with Crippen LogP contribution in [0.3, 0.4) is 0 Å². The number of halogens is 2. The number of amides is 2. The quantitative estimate of drug-likeness (QED) is 0.133. The fourth-order valence-corrected chi connectivity index (χ4v) is 6.09. The lowest BCUT2D eigenvalue weighted by Crippen LogP contribution is -2.35. The zero-order valence-electron chi connectivity index (χ0n) is 23.8. The Hall–Kier alpha value is -3.65. The number of carbonyl (C=O) groups excluding carboxylic acids is 2. The third-order valence-corrected chi connectivity index (χ3v) is 8.71. The molecule has 44 heavy (non-hydrogen) atoms. The highest BCUT2D eigenvalue weighted by Gasteiger charge is 2.21. The van der Waals surface area contributed by atoms with Crippen LogP contribution in [0.25, 0.3) is 22.5 Å². The first-order valence-electron chi connectivity index (χ1n) is 13.9. The van der Waals surface area contributed by atoms with Crippen molar-refractivity contribution in [2.24, 2.45) is 0 Å². The minimum absolute atomic E-state index is 0.0293. The molecule has 1 aliphatic rings. The summed E-state index contributed by atoms with van der Waals surface area (Å²) in [6.45, 7) is 2.17. The van der Waals surface area contributed by atoms with Crippen molar-refractivity contribution in [1.82, 2.24) is 30.9 Å². The molecule has 0 aliphatic carbocycles. The van der Waals surface area contributed by atoms with Crippen molar-refractivity contribution in [3.8, 4) is 28.4 Å². The topological polar surface area (TPSA) is 150 Å². The van der Waals surface area contributed by atoms with Gasteiger partial charge in [0.2, 0.25) is 11.8 Å². The Morgan fingerprint density at radius 1 is 1.11 bits per heavy atom. The Bertz CT molecular complexity index is 1650. The van der Waals surface area contributed by atoms with E-state index < -0.39 is 5.91 Å². The number of rotatable bonds is 13. The summed E-state index contributed by atoms with van der Waals surface area (Å²) < 4.78 is 5.58. The number of carbonyl (C=O) groups is 2. The summed E-state index contributed by atoms with van der Waals surface area (Å²) in [7, 11) is 1.56. The van der Waals surface area contributed by atoms with Crippen molar-refractivity contribution in [3.05, 3.63) is 74.3 Å². The van der Waals surface area contributed by atoms with Crippen LogP contribution in [0.4, 0.5) is 5.69 Å². The van der Waals surface area contributed by atoms with E-state index in [1.807, 2.05) is 12.1 Å². The van der Waals surface area contributed by atoms with Crippen LogP contribution in [0.2, 0.25) is 10.0 Å². The highest BCUT2D eigenvalue weighted by Crippen LogP contribution is 2.40. The summed E-state index contributed by atoms with van der Waals surface area (Å²) in [5.41, 5.74) is 3.46. The minimum Gasteiger partial charge on any atom is -0.481 e. The largest absolute Gasteiger partial charge is 0.481 e. The molecule has 4 aromatic rings. The van der Waals surface area contributed by atoms with Crippen molar-refractivity contribution in [2.75, 3.05) is 32.1 Å². The molecule has 2 amide bonds. The van der Waals surface area contributed by atoms with E-state index in [-0.39, 0.29) is 28.6 Å². The van der Waals surface area contributed by atoms with E-state index in [0.717, 1.165) is 16.9 Å². The van der Waals surface area contributed by atoms with Gasteiger partial charge in [-0.3, -0.25) is 14.6 Å². The van der Waals surface area contributed by atoms with E-state index in [1.165, 1.54) is 11.3 Å². The number of ether oxygens (including phenoxy) is 1. The Balaban J connectivity index is 1.32. The number of aromatic nitrogens is 3. The Labute approximate surface area is 268 Å². The summed E-state index contributed by atoms with van der Waals surface area (Å²) in [5, 5.41) is 22.0. The molecule has 1 saturated heterocycles. The lowest BCUT2D eigenvalue weighted by molar-refractivity contribution is -0.119. The van der Waals surface area contributed by atoms with Crippen LogP contribution in [-0.4, -0.2) is 64.7 Å². The summed E-state index contributed by atoms with van der Waals surface area (Å²) in [4.78, 5) is 38.7. The number of benzene rings is 1. The number of thiazole rings is 1. The molecule has 0 radical (unpaired) electrons. The SMILES string of the molecule is COc1nc(-c2ccnc(-c3cccc(NC(=O)c4ncc(CNCCO)s4)c3Cl)c2Cl)ccc1CNC[C@H]1CCC(=O)N1. The molecule has 5 rings (SSSR count). The number of methoxy groups -OCH3 is 1. The van der Waals surface area contributed by atoms with E-state index in [0.29, 0.717) is 71.7 Å². The summed E-state index contributed by atoms with van der Waals surface area (Å²) in [6, 6.07) is 10.9. The third kappa shape index (κ3) is 7.52. The van der Waals surface area contributed by atoms with Gasteiger partial charge in [-0.25, -0.2) is 9.97 Å². The number of aliphatic hydroxyl groups excluding tert-OH is 1. The van der Waals surface area contributed by atoms with E-state index in [1.54, 1.807) is 43.8 Å². The van der Waals surface area contributed by atoms with Gasteiger partial charge in [0.05, 0.1) is 40.8 Å². The van der Waals surface area contributed by atoms with Crippen molar-refractivity contribution in [1.29, 1.82) is 0 Å². The van der Waals surface area contributed by atoms with Gasteiger partial charge >= 0.3 is 0 Å². The maximum absolute atomic E-state index is 12.9. The van der Waals surface area contributed by atoms with Crippen LogP contribution in [0.1, 0.15) is 33.1 Å². The molecule has 0 unspecified atom stereocenters. The van der Waals surface area contributed by atoms with Crippen LogP contribution in [0, 0.1) is 0 Å². The average Bonchev–Trinajstić information content (AvgIpc) is 3.68. The number of nitrogens with one attached hydrogen (secondary N) is 4. The number of hydrogen-bond donors (Lipinski definition) is 5. The smallest absolute Gasteiger partial charge is 0.284 e. The number of hydrogen-bond acceptors (Lipinski definition) is 10. The van der Waals surface area contributed by atoms with Crippen molar-refractivity contribution in [3.63, 3.8) is 0 Å². The monoisotopic (exact) mass is 655 g/mol. The van der Waals surface area contributed by atoms with Gasteiger partial charge < -0.3 is 31.1 Å². The Kier molecular flexibility index (Phi) is 10.7. The number of pyridine rings is 2. The fourth-order valence-electron chi connectivity index (χ4n) is 4.74. The normalized spacial score (nSPS) is 14.5. The molecule has 1 aromatic carbocycles. The zero-order chi connectivity index (χ0) is 31.1. The van der Waals surface area contributed by atoms with E-state index in [9.17, 15) is 9.59 Å². The highest BCUT2D eigenvalue weighted by atomic mass is 35.5. The van der Waals surface area contributed by atoms with E-state index >= 15 is 0 Å². The van der Waals surface area contributed by atoms with Gasteiger partial charge in [-0.05, 0) is 24.6 Å². The van der Waals surface area contributed by atoms with Crippen LogP contribution in [0.5, 0.6) is 5.88 Å². The highest BCUT2D eigenvalue weighted by molar-refractivity contribution is 7.13. The molecule has 1 atom stereocenters. The molecule has 0 bridgehead atoms. The van der Waals surface area contributed by atoms with Gasteiger partial charge in [0, 0.05) is 72.6 Å². The van der Waals surface area contributed by atoms with Gasteiger partial charge in [0.25, 0.3) is 5.91 Å². The predicted octanol–water partition coefficient (Wildman–Crippen LogP) is 4.28. The molecule has 3 aromatic heterocycles. The Morgan fingerprint density at radius 3 is 2.75 bits per heavy atom. The minimum atomic E-state index is -0.394. The van der Waals surface area contributed by atoms with Crippen molar-refractivity contribution < 1.29 is 19.4 Å². The van der Waals surface area contributed by atoms with Crippen LogP contribution < -0.4 is 26.0 Å². The number of aliphatic hydroxyl groups is 1. The summed E-state index contributed by atoms with van der Waals surface area (Å²) in [5.74, 6) is 0.145. The third-order valence-electron chi connectivity index (χ3n) is 6.93. The van der Waals surface area contributed by atoms with E-state index in [2.05, 4.69) is 31.2 Å². The van der Waals surface area contributed by atoms with Crippen LogP contribution in [-0.2, 0) is 17.9 Å². The molecule has 230 valence electrons. The van der Waals surface area contributed by atoms with E-state index in [4.69, 9.17) is 38.0 Å². The first-order chi connectivity index (χ1) is 21.4. The molecule has 1 aliphatic heterocycles. The molecule has 4 heterocycles. The predicted molar refractivity (Wildman–Crippen MR) is 171 cm³/mol. The van der Waals surface area contributed by atoms with Gasteiger partial charge in [-0.15, -0.1) is 11.3 Å². The van der Waals surface area contributed by atoms with Gasteiger partial charge in [0.15, 0.2) is 5.01 Å². The molecular weight excluding hydrogens is 625 g/mol.